The zero-order valence-corrected chi connectivity index (χ0v) is 53.0. The molecule has 6 aromatic carbocycles. The van der Waals surface area contributed by atoms with Crippen LogP contribution in [0.2, 0.25) is 0 Å². The molecule has 0 saturated carbocycles. The van der Waals surface area contributed by atoms with E-state index < -0.39 is 12.3 Å². The van der Waals surface area contributed by atoms with Crippen molar-refractivity contribution in [1.29, 1.82) is 0 Å². The van der Waals surface area contributed by atoms with Crippen LogP contribution < -0.4 is 43.0 Å². The third-order valence-corrected chi connectivity index (χ3v) is 15.2. The number of carbonyl (C=O) groups is 5. The highest BCUT2D eigenvalue weighted by molar-refractivity contribution is 6.22. The number of benzene rings is 6. The summed E-state index contributed by atoms with van der Waals surface area (Å²) in [6.45, 7) is 20.4. The van der Waals surface area contributed by atoms with Gasteiger partial charge in [0.15, 0.2) is 58.6 Å². The Kier molecular flexibility index (Phi) is 45.2. The van der Waals surface area contributed by atoms with E-state index in [0.29, 0.717) is 65.0 Å². The van der Waals surface area contributed by atoms with Crippen LogP contribution in [0.5, 0.6) is 51.7 Å². The molecule has 4 amide bonds. The van der Waals surface area contributed by atoms with E-state index in [9.17, 15) is 34.2 Å². The first-order valence-electron chi connectivity index (χ1n) is 29.4. The van der Waals surface area contributed by atoms with Crippen molar-refractivity contribution in [3.63, 3.8) is 0 Å². The lowest BCUT2D eigenvalue weighted by atomic mass is 9.98. The van der Waals surface area contributed by atoms with Crippen molar-refractivity contribution < 1.29 is 81.6 Å². The molecule has 2 heterocycles. The second-order valence-electron chi connectivity index (χ2n) is 21.1. The number of rotatable bonds is 24. The van der Waals surface area contributed by atoms with Gasteiger partial charge in [0, 0.05) is 35.8 Å². The van der Waals surface area contributed by atoms with Crippen LogP contribution in [-0.2, 0) is 33.4 Å². The van der Waals surface area contributed by atoms with Crippen molar-refractivity contribution in [2.45, 2.75) is 166 Å². The first kappa shape index (κ1) is 93.6. The van der Waals surface area contributed by atoms with E-state index in [4.69, 9.17) is 47.4 Å². The van der Waals surface area contributed by atoms with E-state index in [-0.39, 0.29) is 143 Å². The quantitative estimate of drug-likeness (QED) is 0.0249. The Hall–Kier alpha value is -8.81. The second kappa shape index (κ2) is 46.3. The molecule has 8 rings (SSSR count). The molecule has 19 heteroatoms. The minimum atomic E-state index is -0.653. The predicted octanol–water partition coefficient (Wildman–Crippen LogP) is 18.0. The minimum absolute atomic E-state index is 0. The maximum atomic E-state index is 12.5. The fourth-order valence-corrected chi connectivity index (χ4v) is 8.98. The first-order valence-corrected chi connectivity index (χ1v) is 29.4. The van der Waals surface area contributed by atoms with Gasteiger partial charge < -0.3 is 57.6 Å². The van der Waals surface area contributed by atoms with E-state index in [1.807, 2.05) is 67.6 Å². The predicted molar refractivity (Wildman–Crippen MR) is 389 cm³/mol. The summed E-state index contributed by atoms with van der Waals surface area (Å²) < 4.78 is 54.4. The number of phenolic OH excluding ortho intramolecular Hbond substituents is 2. The summed E-state index contributed by atoms with van der Waals surface area (Å²) in [6, 6.07) is 39.2. The molecule has 538 valence electrons. The summed E-state index contributed by atoms with van der Waals surface area (Å²) >= 11 is 0. The van der Waals surface area contributed by atoms with Gasteiger partial charge >= 0.3 is 5.97 Å². The number of nitrogens with zero attached hydrogens (tertiary/aromatic N) is 2. The van der Waals surface area contributed by atoms with Gasteiger partial charge in [-0.1, -0.05) is 163 Å². The van der Waals surface area contributed by atoms with Crippen molar-refractivity contribution in [1.82, 2.24) is 0 Å². The van der Waals surface area contributed by atoms with E-state index in [1.54, 1.807) is 97.4 Å². The number of imide groups is 2. The molecule has 2 saturated heterocycles. The van der Waals surface area contributed by atoms with Crippen LogP contribution in [0.3, 0.4) is 0 Å². The highest BCUT2D eigenvalue weighted by atomic mass is 16.7. The lowest BCUT2D eigenvalue weighted by molar-refractivity contribution is -0.124. The second-order valence-corrected chi connectivity index (χ2v) is 21.1. The molecule has 19 nitrogen and oxygen atoms in total. The molecule has 8 unspecified atom stereocenters. The van der Waals surface area contributed by atoms with Gasteiger partial charge in [0.05, 0.1) is 58.6 Å². The SMILES string of the molecule is C.C.C.C.C.C.C.C.CCC(C)c1ccc(O)c(OC)c1.CCC(C)c1ccc(OC(C)OCCOc2ccccc2)c(OC)c1.COc1cc(N2C(=O)C(C)C(C)C2=O)ccc1O.COc1cc(N2C(=O)C(C)C(C)C2=O)ccc1OC(C)OCCOC(=O)c1ccccc1. The Labute approximate surface area is 576 Å². The lowest BCUT2D eigenvalue weighted by Crippen LogP contribution is -2.30. The summed E-state index contributed by atoms with van der Waals surface area (Å²) in [6.07, 6.45) is 1.14. The maximum Gasteiger partial charge on any atom is 0.338 e. The number of hydrogen-bond donors (Lipinski definition) is 2. The topological polar surface area (TPSA) is 225 Å². The number of hydrogen-bond acceptors (Lipinski definition) is 17. The van der Waals surface area contributed by atoms with Gasteiger partial charge in [-0.3, -0.25) is 19.2 Å². The standard InChI is InChI=1S/C24H27NO7.C21H28O4.C13H15NO4.C11H16O2.8CH4/c1-15-16(2)23(27)25(22(15)26)19-10-11-20(21(14-19)29-4)32-17(3)30-12-13-31-24(28)18-8-6-5-7-9-18;1-5-16(2)18-11-12-20(21(15-18)22-4)25-17(3)23-13-14-24-19-9-7-6-8-10-19;1-7-8(2)13(17)14(12(7)16)9-4-5-10(15)11(6-9)18-3;1-4-8(2)9-5-6-10(12)11(7-9)13-3;;;;;;;;/h5-11,14-17H,12-13H2,1-4H3;6-12,15-17H,5,13-14H2,1-4H3;4-8,15H,1-3H3;5-8,12H,4H2,1-3H3;8*1H4. The Morgan fingerprint density at radius 2 is 0.771 bits per heavy atom. The summed E-state index contributed by atoms with van der Waals surface area (Å²) in [7, 11) is 6.11. The monoisotopic (exact) mass is 1340 g/mol. The number of phenols is 2. The van der Waals surface area contributed by atoms with Crippen LogP contribution in [-0.4, -0.2) is 107 Å². The molecular formula is C77H118N2O17. The fraction of sp³-hybridized carbons (Fsp3) is 0.468. The molecule has 2 fully saturated rings. The van der Waals surface area contributed by atoms with Crippen LogP contribution in [0.25, 0.3) is 0 Å². The number of methoxy groups -OCH3 is 4. The molecule has 0 aliphatic carbocycles. The minimum Gasteiger partial charge on any atom is -0.504 e. The number of anilines is 2. The average Bonchev–Trinajstić information content (AvgIpc) is 1.64. The summed E-state index contributed by atoms with van der Waals surface area (Å²) in [4.78, 5) is 63.2. The average molecular weight is 1340 g/mol. The van der Waals surface area contributed by atoms with E-state index in [2.05, 4.69) is 33.8 Å². The molecule has 6 aromatic rings. The van der Waals surface area contributed by atoms with Gasteiger partial charge in [-0.05, 0) is 122 Å². The Balaban J connectivity index is -0.000000597. The third kappa shape index (κ3) is 25.7. The van der Waals surface area contributed by atoms with Gasteiger partial charge in [-0.2, -0.15) is 0 Å². The van der Waals surface area contributed by atoms with Crippen LogP contribution in [0.15, 0.2) is 133 Å². The van der Waals surface area contributed by atoms with Crippen molar-refractivity contribution in [3.8, 4) is 51.7 Å². The van der Waals surface area contributed by atoms with Gasteiger partial charge in [0.2, 0.25) is 23.6 Å². The molecule has 0 radical (unpaired) electrons. The number of para-hydroxylation sites is 1. The van der Waals surface area contributed by atoms with Gasteiger partial charge in [0.25, 0.3) is 0 Å². The molecular weight excluding hydrogens is 1220 g/mol. The Morgan fingerprint density at radius 1 is 0.427 bits per heavy atom. The van der Waals surface area contributed by atoms with Crippen molar-refractivity contribution in [2.24, 2.45) is 23.7 Å². The zero-order chi connectivity index (χ0) is 64.6. The molecule has 0 spiro atoms. The van der Waals surface area contributed by atoms with Gasteiger partial charge in [-0.25, -0.2) is 14.6 Å². The lowest BCUT2D eigenvalue weighted by Gasteiger charge is -2.20. The van der Waals surface area contributed by atoms with E-state index in [0.717, 1.165) is 29.2 Å². The Bertz CT molecular complexity index is 3180. The summed E-state index contributed by atoms with van der Waals surface area (Å²) in [5.41, 5.74) is 3.78. The zero-order valence-electron chi connectivity index (χ0n) is 53.0. The number of aromatic hydroxyl groups is 2. The molecule has 2 aliphatic rings. The van der Waals surface area contributed by atoms with Crippen LogP contribution in [0.4, 0.5) is 11.4 Å². The third-order valence-electron chi connectivity index (χ3n) is 15.2. The molecule has 8 atom stereocenters. The summed E-state index contributed by atoms with van der Waals surface area (Å²) in [5, 5.41) is 18.9. The van der Waals surface area contributed by atoms with Crippen LogP contribution >= 0.6 is 0 Å². The maximum absolute atomic E-state index is 12.5. The van der Waals surface area contributed by atoms with Crippen LogP contribution in [0, 0.1) is 23.7 Å². The highest BCUT2D eigenvalue weighted by Crippen LogP contribution is 2.39. The Morgan fingerprint density at radius 3 is 1.20 bits per heavy atom. The van der Waals surface area contributed by atoms with Crippen molar-refractivity contribution >= 4 is 41.0 Å². The smallest absolute Gasteiger partial charge is 0.338 e. The highest BCUT2D eigenvalue weighted by Gasteiger charge is 2.44. The number of amides is 4. The van der Waals surface area contributed by atoms with E-state index in [1.165, 1.54) is 48.4 Å². The first-order chi connectivity index (χ1) is 42.1. The molecule has 96 heavy (non-hydrogen) atoms. The number of esters is 1. The number of carbonyl (C=O) groups excluding carboxylic acids is 5. The van der Waals surface area contributed by atoms with E-state index >= 15 is 0 Å². The largest absolute Gasteiger partial charge is 0.504 e. The normalized spacial score (nSPS) is 15.9. The molecule has 0 aromatic heterocycles. The van der Waals surface area contributed by atoms with Crippen molar-refractivity contribution in [3.05, 3.63) is 150 Å². The van der Waals surface area contributed by atoms with Crippen molar-refractivity contribution in [2.75, 3.05) is 64.7 Å². The number of ether oxygens (including phenoxy) is 10. The molecule has 2 N–H and O–H groups in total. The van der Waals surface area contributed by atoms with Crippen LogP contribution in [0.1, 0.15) is 175 Å². The van der Waals surface area contributed by atoms with Gasteiger partial charge in [-0.15, -0.1) is 0 Å². The summed E-state index contributed by atoms with van der Waals surface area (Å²) in [5.74, 6) is 2.26. The van der Waals surface area contributed by atoms with Gasteiger partial charge in [0.1, 0.15) is 19.0 Å². The molecule has 2 aliphatic heterocycles. The fourth-order valence-electron chi connectivity index (χ4n) is 8.98. The molecule has 0 bridgehead atoms.